The summed E-state index contributed by atoms with van der Waals surface area (Å²) < 4.78 is 27.0. The van der Waals surface area contributed by atoms with E-state index in [1.807, 2.05) is 6.07 Å². The number of halogens is 2. The van der Waals surface area contributed by atoms with Gasteiger partial charge in [0.25, 0.3) is 0 Å². The average molecular weight is 370 g/mol. The lowest BCUT2D eigenvalue weighted by molar-refractivity contribution is -0.135. The summed E-state index contributed by atoms with van der Waals surface area (Å²) in [4.78, 5) is 27.1. The van der Waals surface area contributed by atoms with Crippen molar-refractivity contribution in [1.82, 2.24) is 4.90 Å². The number of hydrogen-bond acceptors (Lipinski definition) is 2. The molecular weight excluding hydrogens is 350 g/mol. The molecule has 2 aromatic carbocycles. The fourth-order valence-electron chi connectivity index (χ4n) is 4.13. The molecule has 0 saturated carbocycles. The number of anilines is 1. The lowest BCUT2D eigenvalue weighted by Gasteiger charge is -2.32. The van der Waals surface area contributed by atoms with Crippen LogP contribution in [0.25, 0.3) is 0 Å². The predicted octanol–water partition coefficient (Wildman–Crippen LogP) is 3.62. The molecule has 2 atom stereocenters. The fraction of sp³-hybridized carbons (Fsp3) is 0.333. The van der Waals surface area contributed by atoms with Gasteiger partial charge < -0.3 is 10.2 Å². The maximum absolute atomic E-state index is 13.5. The number of hydrogen-bond donors (Lipinski definition) is 1. The van der Waals surface area contributed by atoms with Gasteiger partial charge in [0.15, 0.2) is 0 Å². The number of likely N-dealkylation sites (tertiary alicyclic amines) is 1. The number of rotatable bonds is 3. The third-order valence-electron chi connectivity index (χ3n) is 5.37. The quantitative estimate of drug-likeness (QED) is 0.897. The Morgan fingerprint density at radius 1 is 1.15 bits per heavy atom. The molecule has 0 radical (unpaired) electrons. The zero-order valence-corrected chi connectivity index (χ0v) is 14.8. The van der Waals surface area contributed by atoms with Gasteiger partial charge in [-0.2, -0.15) is 0 Å². The van der Waals surface area contributed by atoms with E-state index in [1.54, 1.807) is 17.0 Å². The van der Waals surface area contributed by atoms with E-state index in [0.29, 0.717) is 24.2 Å². The molecule has 2 amide bonds. The van der Waals surface area contributed by atoms with E-state index in [2.05, 4.69) is 5.32 Å². The maximum Gasteiger partial charge on any atom is 0.230 e. The molecule has 0 aromatic heterocycles. The van der Waals surface area contributed by atoms with E-state index in [9.17, 15) is 18.4 Å². The largest absolute Gasteiger partial charge is 0.339 e. The van der Waals surface area contributed by atoms with Crippen molar-refractivity contribution < 1.29 is 18.4 Å². The van der Waals surface area contributed by atoms with Crippen molar-refractivity contribution in [1.29, 1.82) is 0 Å². The van der Waals surface area contributed by atoms with Gasteiger partial charge in [0.1, 0.15) is 11.6 Å². The van der Waals surface area contributed by atoms with Crippen LogP contribution in [0.15, 0.2) is 42.5 Å². The molecule has 0 spiro atoms. The van der Waals surface area contributed by atoms with E-state index in [4.69, 9.17) is 0 Å². The summed E-state index contributed by atoms with van der Waals surface area (Å²) >= 11 is 0. The Bertz CT molecular complexity index is 900. The Balaban J connectivity index is 1.57. The first-order chi connectivity index (χ1) is 13.0. The molecule has 6 heteroatoms. The van der Waals surface area contributed by atoms with Gasteiger partial charge in [0.05, 0.1) is 5.92 Å². The summed E-state index contributed by atoms with van der Waals surface area (Å²) in [6.07, 6.45) is 2.36. The van der Waals surface area contributed by atoms with Crippen molar-refractivity contribution in [3.05, 3.63) is 65.2 Å². The zero-order valence-electron chi connectivity index (χ0n) is 14.8. The van der Waals surface area contributed by atoms with Gasteiger partial charge in [-0.25, -0.2) is 8.78 Å². The molecule has 27 heavy (non-hydrogen) atoms. The highest BCUT2D eigenvalue weighted by Gasteiger charge is 2.37. The monoisotopic (exact) mass is 370 g/mol. The second-order valence-electron chi connectivity index (χ2n) is 7.20. The number of carbonyl (C=O) groups excluding carboxylic acids is 2. The smallest absolute Gasteiger partial charge is 0.230 e. The Labute approximate surface area is 156 Å². The Hall–Kier alpha value is -2.76. The van der Waals surface area contributed by atoms with Crippen molar-refractivity contribution in [3.63, 3.8) is 0 Å². The summed E-state index contributed by atoms with van der Waals surface area (Å²) in [6.45, 7) is 0.619. The van der Waals surface area contributed by atoms with E-state index >= 15 is 0 Å². The minimum Gasteiger partial charge on any atom is -0.339 e. The molecule has 0 bridgehead atoms. The molecule has 1 fully saturated rings. The van der Waals surface area contributed by atoms with Gasteiger partial charge in [0, 0.05) is 24.7 Å². The normalized spacial score (nSPS) is 21.7. The molecule has 2 aliphatic rings. The summed E-state index contributed by atoms with van der Waals surface area (Å²) in [5.74, 6) is -1.75. The van der Waals surface area contributed by atoms with Gasteiger partial charge in [0.2, 0.25) is 11.8 Å². The first-order valence-corrected chi connectivity index (χ1v) is 9.15. The molecular formula is C21H20F2N2O2. The predicted molar refractivity (Wildman–Crippen MR) is 97.2 cm³/mol. The van der Waals surface area contributed by atoms with Crippen LogP contribution in [0.1, 0.15) is 36.3 Å². The lowest BCUT2D eigenvalue weighted by atomic mass is 9.89. The topological polar surface area (TPSA) is 49.4 Å². The summed E-state index contributed by atoms with van der Waals surface area (Å²) in [6, 6.07) is 10.5. The zero-order chi connectivity index (χ0) is 19.0. The first kappa shape index (κ1) is 17.6. The van der Waals surface area contributed by atoms with Crippen LogP contribution in [0.2, 0.25) is 0 Å². The van der Waals surface area contributed by atoms with E-state index in [1.165, 1.54) is 24.3 Å². The van der Waals surface area contributed by atoms with Crippen LogP contribution in [0.5, 0.6) is 0 Å². The number of benzene rings is 2. The lowest BCUT2D eigenvalue weighted by Crippen LogP contribution is -2.42. The SMILES string of the molecule is O=C1CC(C(=O)N2CCCC2Cc2cccc(F)c2)c2ccc(F)cc2N1. The molecule has 4 rings (SSSR count). The molecule has 4 nitrogen and oxygen atoms in total. The van der Waals surface area contributed by atoms with Crippen molar-refractivity contribution in [2.45, 2.75) is 37.6 Å². The highest BCUT2D eigenvalue weighted by atomic mass is 19.1. The summed E-state index contributed by atoms with van der Waals surface area (Å²) in [5.41, 5.74) is 1.87. The van der Waals surface area contributed by atoms with Crippen molar-refractivity contribution in [3.8, 4) is 0 Å². The number of fused-ring (bicyclic) bond motifs is 1. The Morgan fingerprint density at radius 3 is 2.78 bits per heavy atom. The molecule has 2 heterocycles. The van der Waals surface area contributed by atoms with Gasteiger partial charge in [-0.15, -0.1) is 0 Å². The Kier molecular flexibility index (Phi) is 4.64. The third kappa shape index (κ3) is 3.56. The minimum absolute atomic E-state index is 0.0202. The van der Waals surface area contributed by atoms with E-state index in [0.717, 1.165) is 18.4 Å². The number of nitrogens with zero attached hydrogens (tertiary/aromatic N) is 1. The summed E-state index contributed by atoms with van der Waals surface area (Å²) in [5, 5.41) is 2.64. The second-order valence-corrected chi connectivity index (χ2v) is 7.20. The second kappa shape index (κ2) is 7.10. The third-order valence-corrected chi connectivity index (χ3v) is 5.37. The molecule has 2 aromatic rings. The fourth-order valence-corrected chi connectivity index (χ4v) is 4.13. The number of carbonyl (C=O) groups is 2. The molecule has 2 aliphatic heterocycles. The van der Waals surface area contributed by atoms with Gasteiger partial charge in [-0.05, 0) is 54.7 Å². The first-order valence-electron chi connectivity index (χ1n) is 9.15. The highest BCUT2D eigenvalue weighted by molar-refractivity contribution is 6.01. The molecule has 1 N–H and O–H groups in total. The molecule has 1 saturated heterocycles. The van der Waals surface area contributed by atoms with E-state index < -0.39 is 11.7 Å². The van der Waals surface area contributed by atoms with Crippen LogP contribution in [0, 0.1) is 11.6 Å². The van der Waals surface area contributed by atoms with Crippen LogP contribution < -0.4 is 5.32 Å². The molecule has 0 aliphatic carbocycles. The summed E-state index contributed by atoms with van der Waals surface area (Å²) in [7, 11) is 0. The number of amides is 2. The van der Waals surface area contributed by atoms with Crippen LogP contribution >= 0.6 is 0 Å². The van der Waals surface area contributed by atoms with E-state index in [-0.39, 0.29) is 30.1 Å². The van der Waals surface area contributed by atoms with Crippen molar-refractivity contribution >= 4 is 17.5 Å². The Morgan fingerprint density at radius 2 is 1.96 bits per heavy atom. The van der Waals surface area contributed by atoms with Crippen LogP contribution in [-0.2, 0) is 16.0 Å². The molecule has 2 unspecified atom stereocenters. The average Bonchev–Trinajstić information content (AvgIpc) is 3.08. The standard InChI is InChI=1S/C21H20F2N2O2/c22-14-4-1-3-13(9-14)10-16-5-2-8-25(16)21(27)18-12-20(26)24-19-11-15(23)6-7-17(18)19/h1,3-4,6-7,9,11,16,18H,2,5,8,10,12H2,(H,24,26). The van der Waals surface area contributed by atoms with Gasteiger partial charge >= 0.3 is 0 Å². The van der Waals surface area contributed by atoms with Gasteiger partial charge in [-0.1, -0.05) is 18.2 Å². The maximum atomic E-state index is 13.5. The van der Waals surface area contributed by atoms with Crippen molar-refractivity contribution in [2.75, 3.05) is 11.9 Å². The van der Waals surface area contributed by atoms with Gasteiger partial charge in [-0.3, -0.25) is 9.59 Å². The van der Waals surface area contributed by atoms with Crippen molar-refractivity contribution in [2.24, 2.45) is 0 Å². The highest BCUT2D eigenvalue weighted by Crippen LogP contribution is 2.36. The van der Waals surface area contributed by atoms with Crippen LogP contribution in [-0.4, -0.2) is 29.3 Å². The minimum atomic E-state index is -0.609. The van der Waals surface area contributed by atoms with Crippen LogP contribution in [0.4, 0.5) is 14.5 Å². The molecule has 140 valence electrons. The number of nitrogens with one attached hydrogen (secondary N) is 1. The van der Waals surface area contributed by atoms with Crippen LogP contribution in [0.3, 0.4) is 0 Å².